The Hall–Kier alpha value is -1.97. The fourth-order valence-electron chi connectivity index (χ4n) is 2.80. The second kappa shape index (κ2) is 7.94. The van der Waals surface area contributed by atoms with Crippen LogP contribution in [0.15, 0.2) is 18.6 Å². The topological polar surface area (TPSA) is 83.0 Å². The molecule has 1 saturated heterocycles. The van der Waals surface area contributed by atoms with Crippen LogP contribution in [0.3, 0.4) is 0 Å². The van der Waals surface area contributed by atoms with Crippen molar-refractivity contribution in [3.8, 4) is 0 Å². The number of aromatic nitrogens is 3. The summed E-state index contributed by atoms with van der Waals surface area (Å²) in [5.74, 6) is 0.103. The number of carbonyl (C=O) groups is 1. The highest BCUT2D eigenvalue weighted by Crippen LogP contribution is 2.22. The van der Waals surface area contributed by atoms with Gasteiger partial charge in [-0.2, -0.15) is 0 Å². The van der Waals surface area contributed by atoms with Crippen LogP contribution in [0.25, 0.3) is 0 Å². The lowest BCUT2D eigenvalue weighted by Gasteiger charge is -2.38. The van der Waals surface area contributed by atoms with Gasteiger partial charge in [0.05, 0.1) is 12.4 Å². The fourth-order valence-corrected chi connectivity index (χ4v) is 3.69. The van der Waals surface area contributed by atoms with E-state index >= 15 is 0 Å². The third-order valence-electron chi connectivity index (χ3n) is 4.08. The van der Waals surface area contributed by atoms with E-state index in [9.17, 15) is 9.18 Å². The molecule has 25 heavy (non-hydrogen) atoms. The molecule has 2 aromatic rings. The normalized spacial score (nSPS) is 21.2. The zero-order valence-corrected chi connectivity index (χ0v) is 15.0. The number of halogens is 1. The standard InChI is InChI=1S/C16H21FN6OS/c1-10-4-18-13(3-15-19-5-12(17)6-20-15)8-23(10)9-14-7-21-16(25-14)22-11(2)24/h5-7,10,13,18H,3-4,8-9H2,1-2H3,(H,21,22,24)/t10-,13+/m0/s1. The molecule has 134 valence electrons. The zero-order chi connectivity index (χ0) is 17.8. The quantitative estimate of drug-likeness (QED) is 0.835. The van der Waals surface area contributed by atoms with Gasteiger partial charge in [0.2, 0.25) is 5.91 Å². The summed E-state index contributed by atoms with van der Waals surface area (Å²) in [5.41, 5.74) is 0. The first-order valence-corrected chi connectivity index (χ1v) is 8.97. The zero-order valence-electron chi connectivity index (χ0n) is 14.2. The van der Waals surface area contributed by atoms with Crippen molar-refractivity contribution in [3.63, 3.8) is 0 Å². The molecule has 1 amide bonds. The molecule has 2 aromatic heterocycles. The largest absolute Gasteiger partial charge is 0.311 e. The van der Waals surface area contributed by atoms with Crippen molar-refractivity contribution in [2.24, 2.45) is 0 Å². The van der Waals surface area contributed by atoms with Crippen LogP contribution in [0.1, 0.15) is 24.5 Å². The summed E-state index contributed by atoms with van der Waals surface area (Å²) in [6.45, 7) is 6.13. The molecule has 1 aliphatic heterocycles. The molecule has 3 rings (SSSR count). The molecule has 3 heterocycles. The summed E-state index contributed by atoms with van der Waals surface area (Å²) in [5, 5.41) is 6.83. The van der Waals surface area contributed by atoms with Crippen molar-refractivity contribution in [2.75, 3.05) is 18.4 Å². The number of thiazole rings is 1. The van der Waals surface area contributed by atoms with Crippen LogP contribution in [0.4, 0.5) is 9.52 Å². The lowest BCUT2D eigenvalue weighted by molar-refractivity contribution is -0.114. The number of rotatable bonds is 5. The molecule has 0 radical (unpaired) electrons. The van der Waals surface area contributed by atoms with Crippen LogP contribution in [0, 0.1) is 5.82 Å². The third kappa shape index (κ3) is 5.00. The first kappa shape index (κ1) is 17.8. The molecule has 2 atom stereocenters. The minimum Gasteiger partial charge on any atom is -0.311 e. The molecule has 0 spiro atoms. The average molecular weight is 364 g/mol. The van der Waals surface area contributed by atoms with Crippen LogP contribution in [-0.2, 0) is 17.8 Å². The van der Waals surface area contributed by atoms with Crippen molar-refractivity contribution in [3.05, 3.63) is 35.1 Å². The Balaban J connectivity index is 1.59. The van der Waals surface area contributed by atoms with Crippen LogP contribution in [0.2, 0.25) is 0 Å². The van der Waals surface area contributed by atoms with Gasteiger partial charge in [-0.25, -0.2) is 19.3 Å². The van der Waals surface area contributed by atoms with E-state index < -0.39 is 5.82 Å². The van der Waals surface area contributed by atoms with E-state index in [0.29, 0.717) is 23.4 Å². The Morgan fingerprint density at radius 1 is 1.40 bits per heavy atom. The molecule has 0 bridgehead atoms. The Labute approximate surface area is 149 Å². The van der Waals surface area contributed by atoms with E-state index in [1.165, 1.54) is 30.7 Å². The lowest BCUT2D eigenvalue weighted by Crippen LogP contribution is -2.55. The summed E-state index contributed by atoms with van der Waals surface area (Å²) in [6, 6.07) is 0.598. The van der Waals surface area contributed by atoms with Crippen molar-refractivity contribution >= 4 is 22.4 Å². The van der Waals surface area contributed by atoms with Crippen molar-refractivity contribution in [1.29, 1.82) is 0 Å². The van der Waals surface area contributed by atoms with Gasteiger partial charge in [0.1, 0.15) is 5.82 Å². The van der Waals surface area contributed by atoms with E-state index in [2.05, 4.69) is 37.4 Å². The van der Waals surface area contributed by atoms with E-state index in [1.807, 2.05) is 6.20 Å². The number of nitrogens with zero attached hydrogens (tertiary/aromatic N) is 4. The molecule has 7 nitrogen and oxygen atoms in total. The Morgan fingerprint density at radius 3 is 2.88 bits per heavy atom. The number of anilines is 1. The van der Waals surface area contributed by atoms with Crippen LogP contribution >= 0.6 is 11.3 Å². The van der Waals surface area contributed by atoms with E-state index in [-0.39, 0.29) is 11.9 Å². The summed E-state index contributed by atoms with van der Waals surface area (Å²) in [4.78, 5) is 26.9. The Kier molecular flexibility index (Phi) is 5.67. The average Bonchev–Trinajstić information content (AvgIpc) is 2.99. The molecule has 0 saturated carbocycles. The number of hydrogen-bond acceptors (Lipinski definition) is 7. The highest BCUT2D eigenvalue weighted by Gasteiger charge is 2.26. The van der Waals surface area contributed by atoms with Gasteiger partial charge in [0.15, 0.2) is 10.9 Å². The molecular weight excluding hydrogens is 343 g/mol. The Morgan fingerprint density at radius 2 is 2.16 bits per heavy atom. The Bertz CT molecular complexity index is 722. The number of hydrogen-bond donors (Lipinski definition) is 2. The van der Waals surface area contributed by atoms with E-state index in [4.69, 9.17) is 0 Å². The van der Waals surface area contributed by atoms with E-state index in [1.54, 1.807) is 0 Å². The molecule has 1 aliphatic rings. The first-order chi connectivity index (χ1) is 12.0. The molecule has 0 aliphatic carbocycles. The summed E-state index contributed by atoms with van der Waals surface area (Å²) in [7, 11) is 0. The van der Waals surface area contributed by atoms with Crippen LogP contribution in [0.5, 0.6) is 0 Å². The molecule has 1 fully saturated rings. The van der Waals surface area contributed by atoms with Gasteiger partial charge in [-0.15, -0.1) is 11.3 Å². The molecule has 0 aromatic carbocycles. The first-order valence-electron chi connectivity index (χ1n) is 8.15. The van der Waals surface area contributed by atoms with Crippen LogP contribution < -0.4 is 10.6 Å². The number of amides is 1. The second-order valence-corrected chi connectivity index (χ2v) is 7.33. The van der Waals surface area contributed by atoms with Crippen molar-refractivity contribution in [1.82, 2.24) is 25.2 Å². The predicted octanol–water partition coefficient (Wildman–Crippen LogP) is 1.44. The highest BCUT2D eigenvalue weighted by atomic mass is 32.1. The maximum absolute atomic E-state index is 12.9. The third-order valence-corrected chi connectivity index (χ3v) is 4.98. The number of piperazine rings is 1. The van der Waals surface area contributed by atoms with Gasteiger partial charge in [-0.1, -0.05) is 0 Å². The maximum Gasteiger partial charge on any atom is 0.223 e. The van der Waals surface area contributed by atoms with Crippen molar-refractivity contribution < 1.29 is 9.18 Å². The SMILES string of the molecule is CC(=O)Nc1ncc(CN2C[C@@H](Cc3ncc(F)cn3)NC[C@@H]2C)s1. The van der Waals surface area contributed by atoms with Gasteiger partial charge < -0.3 is 10.6 Å². The molecular formula is C16H21FN6OS. The fraction of sp³-hybridized carbons (Fsp3) is 0.500. The lowest BCUT2D eigenvalue weighted by atomic mass is 10.1. The minimum absolute atomic E-state index is 0.115. The summed E-state index contributed by atoms with van der Waals surface area (Å²) >= 11 is 1.49. The summed E-state index contributed by atoms with van der Waals surface area (Å²) in [6.07, 6.45) is 4.87. The molecule has 0 unspecified atom stereocenters. The molecule has 9 heteroatoms. The van der Waals surface area contributed by atoms with Gasteiger partial charge in [0.25, 0.3) is 0 Å². The highest BCUT2D eigenvalue weighted by molar-refractivity contribution is 7.15. The van der Waals surface area contributed by atoms with Gasteiger partial charge in [0, 0.05) is 56.1 Å². The van der Waals surface area contributed by atoms with Gasteiger partial charge in [-0.3, -0.25) is 9.69 Å². The monoisotopic (exact) mass is 364 g/mol. The predicted molar refractivity (Wildman–Crippen MR) is 93.8 cm³/mol. The maximum atomic E-state index is 12.9. The number of carbonyl (C=O) groups excluding carboxylic acids is 1. The second-order valence-electron chi connectivity index (χ2n) is 6.22. The molecule has 2 N–H and O–H groups in total. The smallest absolute Gasteiger partial charge is 0.223 e. The van der Waals surface area contributed by atoms with Crippen LogP contribution in [-0.4, -0.2) is 50.9 Å². The van der Waals surface area contributed by atoms with Gasteiger partial charge in [-0.05, 0) is 6.92 Å². The summed E-state index contributed by atoms with van der Waals surface area (Å²) < 4.78 is 12.9. The number of nitrogens with one attached hydrogen (secondary N) is 2. The van der Waals surface area contributed by atoms with Crippen molar-refractivity contribution in [2.45, 2.75) is 38.9 Å². The minimum atomic E-state index is -0.421. The van der Waals surface area contributed by atoms with E-state index in [0.717, 1.165) is 24.5 Å². The van der Waals surface area contributed by atoms with Gasteiger partial charge >= 0.3 is 0 Å².